The van der Waals surface area contributed by atoms with Gasteiger partial charge in [-0.25, -0.2) is 0 Å². The largest absolute Gasteiger partial charge is 0.489 e. The summed E-state index contributed by atoms with van der Waals surface area (Å²) in [5.74, 6) is 0.918. The first-order valence-corrected chi connectivity index (χ1v) is 10.7. The van der Waals surface area contributed by atoms with Crippen molar-refractivity contribution < 1.29 is 9.84 Å². The highest BCUT2D eigenvalue weighted by Crippen LogP contribution is 2.55. The fraction of sp³-hybridized carbons (Fsp3) is 0.520. The number of nitrogens with zero attached hydrogens (tertiary/aromatic N) is 1. The van der Waals surface area contributed by atoms with Crippen LogP contribution in [0.3, 0.4) is 0 Å². The quantitative estimate of drug-likeness (QED) is 0.789. The summed E-state index contributed by atoms with van der Waals surface area (Å²) in [5, 5.41) is 11.7. The minimum absolute atomic E-state index is 0.144. The minimum atomic E-state index is -0.577. The van der Waals surface area contributed by atoms with Gasteiger partial charge in [-0.15, -0.1) is 0 Å². The van der Waals surface area contributed by atoms with E-state index in [1.807, 2.05) is 18.2 Å². The highest BCUT2D eigenvalue weighted by molar-refractivity contribution is 5.46. The maximum absolute atomic E-state index is 11.7. The Morgan fingerprint density at radius 1 is 1.00 bits per heavy atom. The minimum Gasteiger partial charge on any atom is -0.489 e. The van der Waals surface area contributed by atoms with Gasteiger partial charge in [0.05, 0.1) is 5.60 Å². The van der Waals surface area contributed by atoms with Gasteiger partial charge in [-0.2, -0.15) is 0 Å². The summed E-state index contributed by atoms with van der Waals surface area (Å²) in [6, 6.07) is 16.9. The molecule has 3 nitrogen and oxygen atoms in total. The van der Waals surface area contributed by atoms with Gasteiger partial charge >= 0.3 is 0 Å². The van der Waals surface area contributed by atoms with Crippen molar-refractivity contribution in [1.29, 1.82) is 0 Å². The summed E-state index contributed by atoms with van der Waals surface area (Å²) in [5.41, 5.74) is 3.20. The van der Waals surface area contributed by atoms with Crippen LogP contribution in [0.15, 0.2) is 48.5 Å². The van der Waals surface area contributed by atoms with E-state index < -0.39 is 5.60 Å². The lowest BCUT2D eigenvalue weighted by atomic mass is 9.53. The lowest BCUT2D eigenvalue weighted by molar-refractivity contribution is -0.0887. The molecule has 150 valence electrons. The van der Waals surface area contributed by atoms with Gasteiger partial charge in [0.2, 0.25) is 0 Å². The third-order valence-electron chi connectivity index (χ3n) is 6.97. The van der Waals surface area contributed by atoms with Gasteiger partial charge in [-0.3, -0.25) is 0 Å². The van der Waals surface area contributed by atoms with E-state index in [9.17, 15) is 5.11 Å². The highest BCUT2D eigenvalue weighted by atomic mass is 16.5. The molecule has 2 aliphatic rings. The van der Waals surface area contributed by atoms with Gasteiger partial charge in [-0.1, -0.05) is 49.2 Å². The van der Waals surface area contributed by atoms with Crippen LogP contribution >= 0.6 is 0 Å². The molecule has 0 saturated heterocycles. The van der Waals surface area contributed by atoms with Gasteiger partial charge in [0.1, 0.15) is 12.4 Å². The Morgan fingerprint density at radius 2 is 1.79 bits per heavy atom. The predicted molar refractivity (Wildman–Crippen MR) is 114 cm³/mol. The van der Waals surface area contributed by atoms with Crippen LogP contribution in [0.1, 0.15) is 55.2 Å². The molecule has 0 spiro atoms. The number of aryl methyl sites for hydroxylation is 1. The second-order valence-corrected chi connectivity index (χ2v) is 8.97. The standard InChI is InChI=1S/C25H33NO2/c1-26(2)17-16-24-13-6-7-14-25(24,27)15-12-21-10-11-22(18-23(21)24)28-19-20-8-4-3-5-9-20/h3-5,8-11,18,27H,6-7,12-17,19H2,1-2H3/t24-,25+/m1/s1. The average molecular weight is 380 g/mol. The monoisotopic (exact) mass is 379 g/mol. The Kier molecular flexibility index (Phi) is 5.48. The fourth-order valence-corrected chi connectivity index (χ4v) is 5.36. The van der Waals surface area contributed by atoms with Gasteiger partial charge < -0.3 is 14.7 Å². The number of aliphatic hydroxyl groups is 1. The maximum Gasteiger partial charge on any atom is 0.120 e. The SMILES string of the molecule is CN(C)CC[C@@]12CCCC[C@]1(O)CCc1ccc(OCc3ccccc3)cc12. The molecule has 0 unspecified atom stereocenters. The molecular formula is C25H33NO2. The first kappa shape index (κ1) is 19.5. The lowest BCUT2D eigenvalue weighted by Gasteiger charge is -2.55. The molecule has 1 saturated carbocycles. The molecule has 0 heterocycles. The summed E-state index contributed by atoms with van der Waals surface area (Å²) < 4.78 is 6.15. The van der Waals surface area contributed by atoms with Crippen molar-refractivity contribution >= 4 is 0 Å². The molecule has 4 rings (SSSR count). The van der Waals surface area contributed by atoms with Crippen molar-refractivity contribution in [3.63, 3.8) is 0 Å². The van der Waals surface area contributed by atoms with Gasteiger partial charge in [-0.05, 0) is 81.6 Å². The third-order valence-corrected chi connectivity index (χ3v) is 6.97. The molecule has 0 radical (unpaired) electrons. The second-order valence-electron chi connectivity index (χ2n) is 8.97. The first-order chi connectivity index (χ1) is 13.5. The smallest absolute Gasteiger partial charge is 0.120 e. The fourth-order valence-electron chi connectivity index (χ4n) is 5.36. The Morgan fingerprint density at radius 3 is 2.57 bits per heavy atom. The normalized spacial score (nSPS) is 26.6. The molecule has 2 aliphatic carbocycles. The topological polar surface area (TPSA) is 32.7 Å². The van der Waals surface area contributed by atoms with Crippen LogP contribution in [-0.4, -0.2) is 36.2 Å². The maximum atomic E-state index is 11.7. The van der Waals surface area contributed by atoms with Gasteiger partial charge in [0.25, 0.3) is 0 Å². The molecule has 1 N–H and O–H groups in total. The highest BCUT2D eigenvalue weighted by Gasteiger charge is 2.54. The van der Waals surface area contributed by atoms with Crippen molar-refractivity contribution in [2.75, 3.05) is 20.6 Å². The van der Waals surface area contributed by atoms with Crippen LogP contribution in [0, 0.1) is 0 Å². The number of hydrogen-bond donors (Lipinski definition) is 1. The molecular weight excluding hydrogens is 346 g/mol. The van der Waals surface area contributed by atoms with Crippen molar-refractivity contribution in [2.24, 2.45) is 0 Å². The van der Waals surface area contributed by atoms with Crippen LogP contribution in [0.4, 0.5) is 0 Å². The van der Waals surface area contributed by atoms with Crippen molar-refractivity contribution in [3.8, 4) is 5.75 Å². The van der Waals surface area contributed by atoms with E-state index in [2.05, 4.69) is 49.3 Å². The van der Waals surface area contributed by atoms with Crippen molar-refractivity contribution in [1.82, 2.24) is 4.90 Å². The van der Waals surface area contributed by atoms with E-state index in [-0.39, 0.29) is 5.41 Å². The number of ether oxygens (including phenoxy) is 1. The van der Waals surface area contributed by atoms with Crippen LogP contribution < -0.4 is 4.74 Å². The Bertz CT molecular complexity index is 803. The number of fused-ring (bicyclic) bond motifs is 3. The lowest BCUT2D eigenvalue weighted by Crippen LogP contribution is -2.57. The summed E-state index contributed by atoms with van der Waals surface area (Å²) >= 11 is 0. The second kappa shape index (κ2) is 7.88. The van der Waals surface area contributed by atoms with Crippen molar-refractivity contribution in [3.05, 3.63) is 65.2 Å². The first-order valence-electron chi connectivity index (χ1n) is 10.7. The molecule has 2 aromatic carbocycles. The molecule has 2 aromatic rings. The molecule has 1 fully saturated rings. The molecule has 0 bridgehead atoms. The van der Waals surface area contributed by atoms with Crippen LogP contribution in [0.2, 0.25) is 0 Å². The van der Waals surface area contributed by atoms with Gasteiger partial charge in [0.15, 0.2) is 0 Å². The van der Waals surface area contributed by atoms with Crippen LogP contribution in [0.5, 0.6) is 5.75 Å². The molecule has 0 aliphatic heterocycles. The summed E-state index contributed by atoms with van der Waals surface area (Å²) in [6.07, 6.45) is 7.20. The Labute approximate surface area is 169 Å². The summed E-state index contributed by atoms with van der Waals surface area (Å²) in [4.78, 5) is 2.24. The number of benzene rings is 2. The van der Waals surface area contributed by atoms with Crippen molar-refractivity contribution in [2.45, 2.75) is 62.6 Å². The van der Waals surface area contributed by atoms with E-state index >= 15 is 0 Å². The van der Waals surface area contributed by atoms with E-state index in [4.69, 9.17) is 4.74 Å². The van der Waals surface area contributed by atoms with E-state index in [0.29, 0.717) is 6.61 Å². The van der Waals surface area contributed by atoms with E-state index in [1.54, 1.807) is 0 Å². The Balaban J connectivity index is 1.66. The zero-order valence-electron chi connectivity index (χ0n) is 17.3. The molecule has 28 heavy (non-hydrogen) atoms. The number of rotatable bonds is 6. The molecule has 0 aromatic heterocycles. The summed E-state index contributed by atoms with van der Waals surface area (Å²) in [6.45, 7) is 1.57. The summed E-state index contributed by atoms with van der Waals surface area (Å²) in [7, 11) is 4.25. The molecule has 2 atom stereocenters. The van der Waals surface area contributed by atoms with Gasteiger partial charge in [0, 0.05) is 5.41 Å². The average Bonchev–Trinajstić information content (AvgIpc) is 2.71. The molecule has 3 heteroatoms. The van der Waals surface area contributed by atoms with Crippen LogP contribution in [0.25, 0.3) is 0 Å². The molecule has 0 amide bonds. The van der Waals surface area contributed by atoms with Crippen LogP contribution in [-0.2, 0) is 18.4 Å². The zero-order valence-corrected chi connectivity index (χ0v) is 17.3. The predicted octanol–water partition coefficient (Wildman–Crippen LogP) is 4.71. The number of hydrogen-bond acceptors (Lipinski definition) is 3. The third kappa shape index (κ3) is 3.58. The van der Waals surface area contributed by atoms with E-state index in [1.165, 1.54) is 23.1 Å². The zero-order chi connectivity index (χ0) is 19.6. The Hall–Kier alpha value is -1.84. The van der Waals surface area contributed by atoms with E-state index in [0.717, 1.165) is 50.8 Å².